The third kappa shape index (κ3) is 4.04. The van der Waals surface area contributed by atoms with Gasteiger partial charge in [-0.15, -0.1) is 0 Å². The van der Waals surface area contributed by atoms with Crippen LogP contribution in [-0.2, 0) is 14.8 Å². The standard InChI is InChI=1S/C20H23FN2O3S/c1-14(2)15-9-11-16(12-10-15)22-20(24)18-7-5-13-23(18)27(25,26)19-8-4-3-6-17(19)21/h3-4,6,8-12,14,18H,5,7,13H2,1-2H3,(H,22,24). The van der Waals surface area contributed by atoms with Gasteiger partial charge in [-0.1, -0.05) is 38.1 Å². The number of hydrogen-bond donors (Lipinski definition) is 1. The molecule has 1 aliphatic heterocycles. The molecule has 5 nitrogen and oxygen atoms in total. The predicted molar refractivity (Wildman–Crippen MR) is 102 cm³/mol. The van der Waals surface area contributed by atoms with Crippen molar-refractivity contribution in [3.63, 3.8) is 0 Å². The minimum absolute atomic E-state index is 0.195. The first kappa shape index (κ1) is 19.5. The Kier molecular flexibility index (Phi) is 5.62. The van der Waals surface area contributed by atoms with E-state index in [0.29, 0.717) is 24.4 Å². The first-order valence-corrected chi connectivity index (χ1v) is 10.4. The van der Waals surface area contributed by atoms with Crippen LogP contribution in [0.3, 0.4) is 0 Å². The number of halogens is 1. The highest BCUT2D eigenvalue weighted by atomic mass is 32.2. The third-order valence-corrected chi connectivity index (χ3v) is 6.72. The number of hydrogen-bond acceptors (Lipinski definition) is 3. The van der Waals surface area contributed by atoms with E-state index >= 15 is 0 Å². The van der Waals surface area contributed by atoms with E-state index in [1.165, 1.54) is 18.2 Å². The highest BCUT2D eigenvalue weighted by molar-refractivity contribution is 7.89. The van der Waals surface area contributed by atoms with Crippen LogP contribution in [0, 0.1) is 5.82 Å². The van der Waals surface area contributed by atoms with Gasteiger partial charge in [0.1, 0.15) is 16.8 Å². The van der Waals surface area contributed by atoms with E-state index in [1.54, 1.807) is 12.1 Å². The molecule has 1 fully saturated rings. The Labute approximate surface area is 159 Å². The predicted octanol–water partition coefficient (Wildman–Crippen LogP) is 3.74. The van der Waals surface area contributed by atoms with E-state index in [1.807, 2.05) is 12.1 Å². The van der Waals surface area contributed by atoms with Gasteiger partial charge < -0.3 is 5.32 Å². The molecule has 2 aromatic carbocycles. The molecule has 7 heteroatoms. The molecular formula is C20H23FN2O3S. The first-order valence-electron chi connectivity index (χ1n) is 8.98. The topological polar surface area (TPSA) is 66.5 Å². The lowest BCUT2D eigenvalue weighted by atomic mass is 10.0. The number of nitrogens with zero attached hydrogens (tertiary/aromatic N) is 1. The molecular weight excluding hydrogens is 367 g/mol. The maximum Gasteiger partial charge on any atom is 0.246 e. The number of nitrogens with one attached hydrogen (secondary N) is 1. The largest absolute Gasteiger partial charge is 0.325 e. The first-order chi connectivity index (χ1) is 12.8. The van der Waals surface area contributed by atoms with Gasteiger partial charge in [-0.25, -0.2) is 12.8 Å². The van der Waals surface area contributed by atoms with Crippen molar-refractivity contribution in [1.82, 2.24) is 4.31 Å². The molecule has 0 aromatic heterocycles. The zero-order valence-electron chi connectivity index (χ0n) is 15.4. The molecule has 1 heterocycles. The summed E-state index contributed by atoms with van der Waals surface area (Å²) in [5.74, 6) is -0.830. The van der Waals surface area contributed by atoms with E-state index in [2.05, 4.69) is 19.2 Å². The maximum atomic E-state index is 14.0. The van der Waals surface area contributed by atoms with Crippen molar-refractivity contribution < 1.29 is 17.6 Å². The quantitative estimate of drug-likeness (QED) is 0.846. The molecule has 0 aliphatic carbocycles. The second-order valence-electron chi connectivity index (χ2n) is 6.97. The van der Waals surface area contributed by atoms with E-state index in [-0.39, 0.29) is 6.54 Å². The summed E-state index contributed by atoms with van der Waals surface area (Å²) < 4.78 is 40.8. The van der Waals surface area contributed by atoms with Crippen LogP contribution in [0.25, 0.3) is 0 Å². The van der Waals surface area contributed by atoms with Crippen molar-refractivity contribution in [3.05, 3.63) is 59.9 Å². The minimum atomic E-state index is -4.08. The summed E-state index contributed by atoms with van der Waals surface area (Å²) in [4.78, 5) is 12.3. The van der Waals surface area contributed by atoms with Gasteiger partial charge in [0, 0.05) is 12.2 Å². The Bertz CT molecular complexity index is 926. The van der Waals surface area contributed by atoms with Crippen molar-refractivity contribution in [2.24, 2.45) is 0 Å². The second-order valence-corrected chi connectivity index (χ2v) is 8.83. The molecule has 27 heavy (non-hydrogen) atoms. The fourth-order valence-corrected chi connectivity index (χ4v) is 4.97. The number of amides is 1. The molecule has 0 saturated carbocycles. The zero-order valence-corrected chi connectivity index (χ0v) is 16.2. The van der Waals surface area contributed by atoms with Gasteiger partial charge in [0.15, 0.2) is 0 Å². The van der Waals surface area contributed by atoms with Gasteiger partial charge in [-0.2, -0.15) is 4.31 Å². The Morgan fingerprint density at radius 3 is 2.44 bits per heavy atom. The third-order valence-electron chi connectivity index (χ3n) is 4.77. The number of carbonyl (C=O) groups is 1. The van der Waals surface area contributed by atoms with E-state index in [9.17, 15) is 17.6 Å². The molecule has 1 saturated heterocycles. The van der Waals surface area contributed by atoms with E-state index in [4.69, 9.17) is 0 Å². The summed E-state index contributed by atoms with van der Waals surface area (Å²) in [5, 5.41) is 2.78. The van der Waals surface area contributed by atoms with Crippen LogP contribution < -0.4 is 5.32 Å². The zero-order chi connectivity index (χ0) is 19.6. The molecule has 3 rings (SSSR count). The molecule has 1 unspecified atom stereocenters. The van der Waals surface area contributed by atoms with E-state index < -0.39 is 32.7 Å². The SMILES string of the molecule is CC(C)c1ccc(NC(=O)C2CCCN2S(=O)(=O)c2ccccc2F)cc1. The Balaban J connectivity index is 1.79. The van der Waals surface area contributed by atoms with Crippen LogP contribution in [0.4, 0.5) is 10.1 Å². The van der Waals surface area contributed by atoms with Gasteiger partial charge >= 0.3 is 0 Å². The monoisotopic (exact) mass is 390 g/mol. The lowest BCUT2D eigenvalue weighted by Crippen LogP contribution is -2.43. The fraction of sp³-hybridized carbons (Fsp3) is 0.350. The van der Waals surface area contributed by atoms with Crippen LogP contribution in [-0.4, -0.2) is 31.2 Å². The van der Waals surface area contributed by atoms with Crippen molar-refractivity contribution in [2.75, 3.05) is 11.9 Å². The Morgan fingerprint density at radius 1 is 1.15 bits per heavy atom. The highest BCUT2D eigenvalue weighted by Gasteiger charge is 2.40. The van der Waals surface area contributed by atoms with Crippen molar-refractivity contribution in [2.45, 2.75) is 43.5 Å². The molecule has 0 spiro atoms. The number of benzene rings is 2. The van der Waals surface area contributed by atoms with Gasteiger partial charge in [-0.05, 0) is 48.6 Å². The average molecular weight is 390 g/mol. The average Bonchev–Trinajstić information content (AvgIpc) is 3.13. The van der Waals surface area contributed by atoms with Crippen LogP contribution in [0.1, 0.15) is 38.2 Å². The molecule has 1 atom stereocenters. The van der Waals surface area contributed by atoms with Crippen LogP contribution in [0.15, 0.2) is 53.4 Å². The minimum Gasteiger partial charge on any atom is -0.325 e. The summed E-state index contributed by atoms with van der Waals surface area (Å²) in [6, 6.07) is 11.9. The van der Waals surface area contributed by atoms with E-state index in [0.717, 1.165) is 15.9 Å². The van der Waals surface area contributed by atoms with Crippen molar-refractivity contribution in [1.29, 1.82) is 0 Å². The van der Waals surface area contributed by atoms with Gasteiger partial charge in [0.05, 0.1) is 0 Å². The number of anilines is 1. The smallest absolute Gasteiger partial charge is 0.246 e. The van der Waals surface area contributed by atoms with Gasteiger partial charge in [0.25, 0.3) is 0 Å². The molecule has 1 aliphatic rings. The molecule has 1 amide bonds. The maximum absolute atomic E-state index is 14.0. The molecule has 0 radical (unpaired) electrons. The summed E-state index contributed by atoms with van der Waals surface area (Å²) >= 11 is 0. The van der Waals surface area contributed by atoms with Gasteiger partial charge in [0.2, 0.25) is 15.9 Å². The molecule has 1 N–H and O–H groups in total. The highest BCUT2D eigenvalue weighted by Crippen LogP contribution is 2.28. The number of rotatable bonds is 5. The lowest BCUT2D eigenvalue weighted by molar-refractivity contribution is -0.119. The summed E-state index contributed by atoms with van der Waals surface area (Å²) in [5.41, 5.74) is 1.76. The summed E-state index contributed by atoms with van der Waals surface area (Å²) in [6.45, 7) is 4.36. The second kappa shape index (κ2) is 7.78. The Hall–Kier alpha value is -2.25. The number of carbonyl (C=O) groups excluding carboxylic acids is 1. The fourth-order valence-electron chi connectivity index (χ4n) is 3.25. The Morgan fingerprint density at radius 2 is 1.81 bits per heavy atom. The molecule has 0 bridgehead atoms. The summed E-state index contributed by atoms with van der Waals surface area (Å²) in [7, 11) is -4.08. The van der Waals surface area contributed by atoms with Crippen LogP contribution in [0.2, 0.25) is 0 Å². The summed E-state index contributed by atoms with van der Waals surface area (Å²) in [6.07, 6.45) is 0.960. The van der Waals surface area contributed by atoms with Crippen LogP contribution >= 0.6 is 0 Å². The molecule has 2 aromatic rings. The number of sulfonamides is 1. The molecule has 144 valence electrons. The normalized spacial score (nSPS) is 18.0. The van der Waals surface area contributed by atoms with Crippen molar-refractivity contribution in [3.8, 4) is 0 Å². The van der Waals surface area contributed by atoms with Crippen LogP contribution in [0.5, 0.6) is 0 Å². The van der Waals surface area contributed by atoms with Crippen molar-refractivity contribution >= 4 is 21.6 Å². The lowest BCUT2D eigenvalue weighted by Gasteiger charge is -2.23. The van der Waals surface area contributed by atoms with Gasteiger partial charge in [-0.3, -0.25) is 4.79 Å².